The molecular weight excluding hydrogens is 409 g/mol. The van der Waals surface area contributed by atoms with Crippen molar-refractivity contribution in [2.45, 2.75) is 12.5 Å². The molecule has 0 bridgehead atoms. The van der Waals surface area contributed by atoms with Gasteiger partial charge in [0.2, 0.25) is 0 Å². The third-order valence-electron chi connectivity index (χ3n) is 5.80. The number of nitrogens with one attached hydrogen (secondary N) is 2. The highest BCUT2D eigenvalue weighted by molar-refractivity contribution is 6.04. The first-order valence-corrected chi connectivity index (χ1v) is 10.4. The Morgan fingerprint density at radius 2 is 2.12 bits per heavy atom. The molecule has 1 unspecified atom stereocenters. The Bertz CT molecular complexity index is 1260. The van der Waals surface area contributed by atoms with Crippen molar-refractivity contribution < 1.29 is 9.18 Å². The summed E-state index contributed by atoms with van der Waals surface area (Å²) in [6.07, 6.45) is 5.97. The zero-order chi connectivity index (χ0) is 22.1. The topological polar surface area (TPSA) is 90.0 Å². The van der Waals surface area contributed by atoms with Gasteiger partial charge in [-0.2, -0.15) is 0 Å². The van der Waals surface area contributed by atoms with Crippen molar-refractivity contribution in [2.24, 2.45) is 0 Å². The van der Waals surface area contributed by atoms with Crippen LogP contribution < -0.4 is 15.1 Å². The van der Waals surface area contributed by atoms with Crippen molar-refractivity contribution >= 4 is 34.3 Å². The Labute approximate surface area is 184 Å². The molecule has 1 saturated heterocycles. The monoisotopic (exact) mass is 431 g/mol. The lowest BCUT2D eigenvalue weighted by Gasteiger charge is -2.26. The number of likely N-dealkylation sites (N-methyl/N-ethyl adjacent to an activating group) is 1. The fraction of sp³-hybridized carbons (Fsp3) is 0.217. The van der Waals surface area contributed by atoms with E-state index in [4.69, 9.17) is 0 Å². The molecule has 4 aromatic rings. The van der Waals surface area contributed by atoms with Gasteiger partial charge in [-0.15, -0.1) is 0 Å². The van der Waals surface area contributed by atoms with Gasteiger partial charge in [0, 0.05) is 44.3 Å². The fourth-order valence-corrected chi connectivity index (χ4v) is 4.05. The SMILES string of the molecule is CN(c1ccc(C(=O)Nc2cccc(F)c2)cn1)C1CCN(c2ncnc3[nH]ccc23)C1. The van der Waals surface area contributed by atoms with Crippen LogP contribution >= 0.6 is 0 Å². The zero-order valence-corrected chi connectivity index (χ0v) is 17.5. The van der Waals surface area contributed by atoms with E-state index in [1.54, 1.807) is 30.7 Å². The third kappa shape index (κ3) is 3.84. The molecule has 1 aromatic carbocycles. The second-order valence-electron chi connectivity index (χ2n) is 7.81. The first kappa shape index (κ1) is 19.9. The Balaban J connectivity index is 1.25. The van der Waals surface area contributed by atoms with Gasteiger partial charge < -0.3 is 20.1 Å². The van der Waals surface area contributed by atoms with E-state index in [1.807, 2.05) is 25.4 Å². The molecular formula is C23H22FN7O. The van der Waals surface area contributed by atoms with Gasteiger partial charge in [0.05, 0.1) is 10.9 Å². The van der Waals surface area contributed by atoms with Crippen LogP contribution in [0.25, 0.3) is 11.0 Å². The van der Waals surface area contributed by atoms with E-state index in [0.29, 0.717) is 11.3 Å². The summed E-state index contributed by atoms with van der Waals surface area (Å²) < 4.78 is 13.3. The number of H-pyrrole nitrogens is 1. The number of hydrogen-bond donors (Lipinski definition) is 2. The predicted molar refractivity (Wildman–Crippen MR) is 121 cm³/mol. The molecule has 0 aliphatic carbocycles. The average Bonchev–Trinajstić information content (AvgIpc) is 3.48. The highest BCUT2D eigenvalue weighted by Gasteiger charge is 2.28. The molecule has 9 heteroatoms. The maximum Gasteiger partial charge on any atom is 0.257 e. The molecule has 8 nitrogen and oxygen atoms in total. The van der Waals surface area contributed by atoms with E-state index in [1.165, 1.54) is 12.1 Å². The molecule has 0 saturated carbocycles. The second-order valence-corrected chi connectivity index (χ2v) is 7.81. The van der Waals surface area contributed by atoms with Gasteiger partial charge in [0.25, 0.3) is 5.91 Å². The summed E-state index contributed by atoms with van der Waals surface area (Å²) in [5, 5.41) is 3.70. The van der Waals surface area contributed by atoms with E-state index in [-0.39, 0.29) is 11.9 Å². The molecule has 1 aliphatic rings. The Morgan fingerprint density at radius 3 is 2.94 bits per heavy atom. The maximum atomic E-state index is 13.3. The molecule has 1 amide bonds. The number of carbonyl (C=O) groups excluding carboxylic acids is 1. The van der Waals surface area contributed by atoms with Crippen LogP contribution in [0.3, 0.4) is 0 Å². The number of benzene rings is 1. The molecule has 1 atom stereocenters. The van der Waals surface area contributed by atoms with Gasteiger partial charge in [-0.1, -0.05) is 6.07 Å². The summed E-state index contributed by atoms with van der Waals surface area (Å²) in [4.78, 5) is 33.2. The number of fused-ring (bicyclic) bond motifs is 1. The number of hydrogen-bond acceptors (Lipinski definition) is 6. The summed E-state index contributed by atoms with van der Waals surface area (Å²) in [6, 6.07) is 11.6. The fourth-order valence-electron chi connectivity index (χ4n) is 4.05. The summed E-state index contributed by atoms with van der Waals surface area (Å²) in [5.41, 5.74) is 1.65. The van der Waals surface area contributed by atoms with Crippen LogP contribution in [0.1, 0.15) is 16.8 Å². The summed E-state index contributed by atoms with van der Waals surface area (Å²) >= 11 is 0. The van der Waals surface area contributed by atoms with Crippen LogP contribution in [0.5, 0.6) is 0 Å². The molecule has 0 radical (unpaired) electrons. The highest BCUT2D eigenvalue weighted by Crippen LogP contribution is 2.28. The summed E-state index contributed by atoms with van der Waals surface area (Å²) in [5.74, 6) is 0.990. The minimum Gasteiger partial charge on any atom is -0.355 e. The van der Waals surface area contributed by atoms with Crippen LogP contribution in [0, 0.1) is 5.82 Å². The molecule has 1 aliphatic heterocycles. The van der Waals surface area contributed by atoms with Crippen molar-refractivity contribution in [2.75, 3.05) is 35.3 Å². The van der Waals surface area contributed by atoms with Crippen molar-refractivity contribution in [3.05, 3.63) is 72.6 Å². The molecule has 5 rings (SSSR count). The molecule has 2 N–H and O–H groups in total. The van der Waals surface area contributed by atoms with E-state index in [2.05, 4.69) is 35.1 Å². The van der Waals surface area contributed by atoms with Gasteiger partial charge in [-0.25, -0.2) is 19.3 Å². The van der Waals surface area contributed by atoms with Crippen LogP contribution in [-0.4, -0.2) is 52.0 Å². The van der Waals surface area contributed by atoms with Crippen LogP contribution in [0.15, 0.2) is 61.2 Å². The Hall–Kier alpha value is -4.01. The van der Waals surface area contributed by atoms with Gasteiger partial charge in [-0.3, -0.25) is 4.79 Å². The number of nitrogens with zero attached hydrogens (tertiary/aromatic N) is 5. The standard InChI is InChI=1S/C23H22FN7O/c1-30(18-8-10-31(13-18)22-19-7-9-25-21(19)27-14-28-22)20-6-5-15(12-26-20)23(32)29-17-4-2-3-16(24)11-17/h2-7,9,11-12,14,18H,8,10,13H2,1H3,(H,29,32)(H,25,27,28). The van der Waals surface area contributed by atoms with Crippen molar-refractivity contribution in [1.82, 2.24) is 19.9 Å². The Kier molecular flexibility index (Phi) is 5.14. The number of rotatable bonds is 5. The predicted octanol–water partition coefficient (Wildman–Crippen LogP) is 3.46. The maximum absolute atomic E-state index is 13.3. The number of aromatic amines is 1. The van der Waals surface area contributed by atoms with Crippen LogP contribution in [-0.2, 0) is 0 Å². The normalized spacial score (nSPS) is 15.8. The van der Waals surface area contributed by atoms with E-state index < -0.39 is 5.82 Å². The highest BCUT2D eigenvalue weighted by atomic mass is 19.1. The average molecular weight is 431 g/mol. The smallest absolute Gasteiger partial charge is 0.257 e. The number of amides is 1. The lowest BCUT2D eigenvalue weighted by molar-refractivity contribution is 0.102. The quantitative estimate of drug-likeness (QED) is 0.503. The first-order chi connectivity index (χ1) is 15.6. The van der Waals surface area contributed by atoms with Gasteiger partial charge in [0.15, 0.2) is 0 Å². The van der Waals surface area contributed by atoms with Crippen molar-refractivity contribution in [1.29, 1.82) is 0 Å². The molecule has 32 heavy (non-hydrogen) atoms. The third-order valence-corrected chi connectivity index (χ3v) is 5.80. The summed E-state index contributed by atoms with van der Waals surface area (Å²) in [6.45, 7) is 1.71. The van der Waals surface area contributed by atoms with Crippen LogP contribution in [0.4, 0.5) is 21.7 Å². The number of aromatic nitrogens is 4. The zero-order valence-electron chi connectivity index (χ0n) is 17.5. The number of anilines is 3. The second kappa shape index (κ2) is 8.26. The number of halogens is 1. The number of carbonyl (C=O) groups is 1. The molecule has 1 fully saturated rings. The van der Waals surface area contributed by atoms with Gasteiger partial charge >= 0.3 is 0 Å². The number of pyridine rings is 1. The minimum absolute atomic E-state index is 0.262. The molecule has 4 heterocycles. The lowest BCUT2D eigenvalue weighted by atomic mass is 10.2. The van der Waals surface area contributed by atoms with E-state index >= 15 is 0 Å². The van der Waals surface area contributed by atoms with Crippen LogP contribution in [0.2, 0.25) is 0 Å². The van der Waals surface area contributed by atoms with Gasteiger partial charge in [-0.05, 0) is 42.8 Å². The molecule has 3 aromatic heterocycles. The van der Waals surface area contributed by atoms with Gasteiger partial charge in [0.1, 0.15) is 29.4 Å². The Morgan fingerprint density at radius 1 is 1.22 bits per heavy atom. The van der Waals surface area contributed by atoms with Crippen molar-refractivity contribution in [3.8, 4) is 0 Å². The lowest BCUT2D eigenvalue weighted by Crippen LogP contribution is -2.35. The summed E-state index contributed by atoms with van der Waals surface area (Å²) in [7, 11) is 2.01. The van der Waals surface area contributed by atoms with E-state index in [0.717, 1.165) is 42.2 Å². The minimum atomic E-state index is -0.400. The molecule has 0 spiro atoms. The molecule has 162 valence electrons. The van der Waals surface area contributed by atoms with E-state index in [9.17, 15) is 9.18 Å². The first-order valence-electron chi connectivity index (χ1n) is 10.4. The van der Waals surface area contributed by atoms with Crippen molar-refractivity contribution in [3.63, 3.8) is 0 Å². The largest absolute Gasteiger partial charge is 0.355 e.